The summed E-state index contributed by atoms with van der Waals surface area (Å²) in [6, 6.07) is 16.3. The maximum absolute atomic E-state index is 13.1. The van der Waals surface area contributed by atoms with Crippen molar-refractivity contribution in [3.05, 3.63) is 76.2 Å². The van der Waals surface area contributed by atoms with Gasteiger partial charge in [0.1, 0.15) is 11.2 Å². The van der Waals surface area contributed by atoms with Crippen LogP contribution in [0.2, 0.25) is 0 Å². The maximum Gasteiger partial charge on any atom is 0.272 e. The van der Waals surface area contributed by atoms with E-state index < -0.39 is 17.0 Å². The van der Waals surface area contributed by atoms with Gasteiger partial charge in [0.05, 0.1) is 6.42 Å². The second-order valence-corrected chi connectivity index (χ2v) is 8.51. The van der Waals surface area contributed by atoms with Crippen molar-refractivity contribution in [1.82, 2.24) is 31.5 Å². The number of nitrogens with one attached hydrogen (secondary N) is 5. The topological polar surface area (TPSA) is 145 Å². The summed E-state index contributed by atoms with van der Waals surface area (Å²) in [4.78, 5) is 49.4. The molecule has 35 heavy (non-hydrogen) atoms. The Hall–Kier alpha value is -4.05. The second kappa shape index (κ2) is 10.9. The third-order valence-electron chi connectivity index (χ3n) is 6.12. The molecule has 0 spiro atoms. The predicted octanol–water partition coefficient (Wildman–Crippen LogP) is 0.250. The van der Waals surface area contributed by atoms with E-state index in [-0.39, 0.29) is 37.0 Å². The zero-order chi connectivity index (χ0) is 24.7. The van der Waals surface area contributed by atoms with Gasteiger partial charge in [0.25, 0.3) is 11.5 Å². The summed E-state index contributed by atoms with van der Waals surface area (Å²) < 4.78 is 0. The van der Waals surface area contributed by atoms with Crippen molar-refractivity contribution in [2.45, 2.75) is 24.8 Å². The fourth-order valence-electron chi connectivity index (χ4n) is 4.24. The largest absolute Gasteiger partial charge is 0.354 e. The van der Waals surface area contributed by atoms with Gasteiger partial charge in [-0.25, -0.2) is 5.10 Å². The van der Waals surface area contributed by atoms with Crippen molar-refractivity contribution < 1.29 is 14.4 Å². The van der Waals surface area contributed by atoms with Gasteiger partial charge in [-0.3, -0.25) is 19.2 Å². The molecule has 10 heteroatoms. The highest BCUT2D eigenvalue weighted by atomic mass is 16.2. The minimum Gasteiger partial charge on any atom is -0.354 e. The molecular weight excluding hydrogens is 448 g/mol. The molecule has 3 amide bonds. The van der Waals surface area contributed by atoms with E-state index in [1.807, 2.05) is 42.5 Å². The molecule has 0 aliphatic carbocycles. The molecule has 0 bridgehead atoms. The van der Waals surface area contributed by atoms with Crippen LogP contribution in [0.3, 0.4) is 0 Å². The van der Waals surface area contributed by atoms with Gasteiger partial charge in [0.2, 0.25) is 11.8 Å². The molecule has 0 atom stereocenters. The number of H-pyrrole nitrogens is 1. The summed E-state index contributed by atoms with van der Waals surface area (Å²) in [7, 11) is 0. The molecule has 10 nitrogen and oxygen atoms in total. The molecule has 4 rings (SSSR count). The molecule has 0 radical (unpaired) electrons. The van der Waals surface area contributed by atoms with Crippen molar-refractivity contribution in [3.63, 3.8) is 0 Å². The van der Waals surface area contributed by atoms with Gasteiger partial charge in [-0.2, -0.15) is 5.10 Å². The molecule has 2 heterocycles. The SMILES string of the molecule is O=C(Cc1cccc2ccccc12)NCCNC(=O)C1(NC(=O)c2ccc(=O)[nH]n2)CCNCC1. The maximum atomic E-state index is 13.1. The summed E-state index contributed by atoms with van der Waals surface area (Å²) in [5.74, 6) is -0.994. The molecule has 3 aromatic rings. The van der Waals surface area contributed by atoms with Gasteiger partial charge in [-0.15, -0.1) is 0 Å². The Morgan fingerprint density at radius 1 is 0.914 bits per heavy atom. The lowest BCUT2D eigenvalue weighted by atomic mass is 9.87. The Morgan fingerprint density at radius 3 is 2.43 bits per heavy atom. The van der Waals surface area contributed by atoms with E-state index in [2.05, 4.69) is 31.5 Å². The number of hydrogen-bond acceptors (Lipinski definition) is 6. The minimum atomic E-state index is -1.10. The van der Waals surface area contributed by atoms with Crippen LogP contribution in [0.4, 0.5) is 0 Å². The van der Waals surface area contributed by atoms with Crippen molar-refractivity contribution in [1.29, 1.82) is 0 Å². The predicted molar refractivity (Wildman–Crippen MR) is 131 cm³/mol. The third-order valence-corrected chi connectivity index (χ3v) is 6.12. The number of carbonyl (C=O) groups is 3. The van der Waals surface area contributed by atoms with Crippen molar-refractivity contribution in [3.8, 4) is 0 Å². The van der Waals surface area contributed by atoms with Crippen molar-refractivity contribution in [2.75, 3.05) is 26.2 Å². The van der Waals surface area contributed by atoms with Crippen LogP contribution in [0.15, 0.2) is 59.4 Å². The van der Waals surface area contributed by atoms with Gasteiger partial charge in [0, 0.05) is 19.2 Å². The van der Waals surface area contributed by atoms with E-state index in [1.165, 1.54) is 12.1 Å². The highest BCUT2D eigenvalue weighted by Gasteiger charge is 2.41. The van der Waals surface area contributed by atoms with E-state index in [0.29, 0.717) is 25.9 Å². The molecule has 0 unspecified atom stereocenters. The normalized spacial score (nSPS) is 14.7. The van der Waals surface area contributed by atoms with E-state index in [0.717, 1.165) is 16.3 Å². The van der Waals surface area contributed by atoms with Gasteiger partial charge in [-0.1, -0.05) is 42.5 Å². The Kier molecular flexibility index (Phi) is 7.51. The number of hydrogen-bond donors (Lipinski definition) is 5. The molecule has 1 aliphatic rings. The molecule has 182 valence electrons. The number of carbonyl (C=O) groups excluding carboxylic acids is 3. The van der Waals surface area contributed by atoms with Gasteiger partial charge in [-0.05, 0) is 48.3 Å². The second-order valence-electron chi connectivity index (χ2n) is 8.51. The van der Waals surface area contributed by atoms with Crippen LogP contribution in [-0.4, -0.2) is 59.6 Å². The molecule has 2 aromatic carbocycles. The van der Waals surface area contributed by atoms with E-state index in [1.54, 1.807) is 0 Å². The Bertz CT molecular complexity index is 1260. The first-order valence-electron chi connectivity index (χ1n) is 11.6. The van der Waals surface area contributed by atoms with Gasteiger partial charge < -0.3 is 21.3 Å². The lowest BCUT2D eigenvalue weighted by Crippen LogP contribution is -2.63. The van der Waals surface area contributed by atoms with E-state index in [4.69, 9.17) is 0 Å². The molecule has 1 saturated heterocycles. The van der Waals surface area contributed by atoms with Gasteiger partial charge >= 0.3 is 0 Å². The standard InChI is InChI=1S/C25H28N6O4/c32-21-9-8-20(30-31-21)23(34)29-25(10-12-26-13-11-25)24(35)28-15-14-27-22(33)16-18-6-3-5-17-4-1-2-7-19(17)18/h1-9,26H,10-16H2,(H,27,33)(H,28,35)(H,29,34)(H,31,32). The Balaban J connectivity index is 1.30. The van der Waals surface area contributed by atoms with Crippen LogP contribution < -0.4 is 26.8 Å². The van der Waals surface area contributed by atoms with Gasteiger partial charge in [0.15, 0.2) is 0 Å². The summed E-state index contributed by atoms with van der Waals surface area (Å²) >= 11 is 0. The molecule has 5 N–H and O–H groups in total. The fraction of sp³-hybridized carbons (Fsp3) is 0.320. The average molecular weight is 477 g/mol. The number of nitrogens with zero attached hydrogens (tertiary/aromatic N) is 1. The monoisotopic (exact) mass is 476 g/mol. The van der Waals surface area contributed by atoms with Crippen LogP contribution in [-0.2, 0) is 16.0 Å². The highest BCUT2D eigenvalue weighted by molar-refractivity contribution is 5.98. The molecular formula is C25H28N6O4. The van der Waals surface area contributed by atoms with E-state index >= 15 is 0 Å². The van der Waals surface area contributed by atoms with Crippen LogP contribution >= 0.6 is 0 Å². The highest BCUT2D eigenvalue weighted by Crippen LogP contribution is 2.20. The minimum absolute atomic E-state index is 0.0241. The number of rotatable bonds is 8. The van der Waals surface area contributed by atoms with Crippen LogP contribution in [0.25, 0.3) is 10.8 Å². The number of aromatic nitrogens is 2. The first-order chi connectivity index (χ1) is 17.0. The summed E-state index contributed by atoms with van der Waals surface area (Å²) in [6.45, 7) is 1.62. The molecule has 1 fully saturated rings. The lowest BCUT2D eigenvalue weighted by Gasteiger charge is -2.36. The molecule has 1 aliphatic heterocycles. The number of piperidine rings is 1. The average Bonchev–Trinajstić information content (AvgIpc) is 2.87. The number of benzene rings is 2. The quantitative estimate of drug-likeness (QED) is 0.295. The molecule has 1 aromatic heterocycles. The first kappa shape index (κ1) is 24.1. The number of fused-ring (bicyclic) bond motifs is 1. The molecule has 0 saturated carbocycles. The number of amides is 3. The fourth-order valence-corrected chi connectivity index (χ4v) is 4.24. The zero-order valence-electron chi connectivity index (χ0n) is 19.2. The van der Waals surface area contributed by atoms with E-state index in [9.17, 15) is 19.2 Å². The number of aromatic amines is 1. The Morgan fingerprint density at radius 2 is 1.66 bits per heavy atom. The first-order valence-corrected chi connectivity index (χ1v) is 11.6. The summed E-state index contributed by atoms with van der Waals surface area (Å²) in [6.07, 6.45) is 1.05. The zero-order valence-corrected chi connectivity index (χ0v) is 19.2. The lowest BCUT2D eigenvalue weighted by molar-refractivity contribution is -0.128. The smallest absolute Gasteiger partial charge is 0.272 e. The Labute approximate surface area is 201 Å². The van der Waals surface area contributed by atoms with Crippen molar-refractivity contribution in [2.24, 2.45) is 0 Å². The van der Waals surface area contributed by atoms with Crippen LogP contribution in [0.5, 0.6) is 0 Å². The van der Waals surface area contributed by atoms with Crippen molar-refractivity contribution >= 4 is 28.5 Å². The summed E-state index contributed by atoms with van der Waals surface area (Å²) in [5, 5.41) is 19.7. The third kappa shape index (κ3) is 5.90. The van der Waals surface area contributed by atoms with Crippen LogP contribution in [0, 0.1) is 0 Å². The summed E-state index contributed by atoms with van der Waals surface area (Å²) in [5.41, 5.74) is -0.557. The van der Waals surface area contributed by atoms with Crippen LogP contribution in [0.1, 0.15) is 28.9 Å².